The first kappa shape index (κ1) is 15.0. The molecular formula is C14H25NO3S. The highest BCUT2D eigenvalue weighted by Crippen LogP contribution is 2.38. The van der Waals surface area contributed by atoms with E-state index in [1.54, 1.807) is 0 Å². The van der Waals surface area contributed by atoms with Crippen LogP contribution in [-0.4, -0.2) is 50.7 Å². The van der Waals surface area contributed by atoms with E-state index in [0.717, 1.165) is 38.6 Å². The average Bonchev–Trinajstić information content (AvgIpc) is 2.51. The molecule has 1 aliphatic heterocycles. The Kier molecular flexibility index (Phi) is 4.66. The largest absolute Gasteiger partial charge is 0.303 e. The summed E-state index contributed by atoms with van der Waals surface area (Å²) in [5.41, 5.74) is -0.230. The normalized spacial score (nSPS) is 36.6. The van der Waals surface area contributed by atoms with E-state index in [1.807, 2.05) is 0 Å². The van der Waals surface area contributed by atoms with E-state index in [0.29, 0.717) is 24.6 Å². The van der Waals surface area contributed by atoms with Gasteiger partial charge in [0.2, 0.25) is 0 Å². The van der Waals surface area contributed by atoms with Crippen molar-refractivity contribution >= 4 is 16.1 Å². The summed E-state index contributed by atoms with van der Waals surface area (Å²) in [5.74, 6) is 1.15. The second-order valence-electron chi connectivity index (χ2n) is 6.46. The molecule has 19 heavy (non-hydrogen) atoms. The van der Waals surface area contributed by atoms with E-state index < -0.39 is 9.84 Å². The quantitative estimate of drug-likeness (QED) is 0.738. The number of sulfone groups is 1. The topological polar surface area (TPSA) is 54.5 Å². The minimum atomic E-state index is -2.86. The molecule has 0 aromatic carbocycles. The predicted molar refractivity (Wildman–Crippen MR) is 75.8 cm³/mol. The number of nitrogens with zero attached hydrogens (tertiary/aromatic N) is 1. The maximum atomic E-state index is 11.6. The van der Waals surface area contributed by atoms with Crippen LogP contribution in [0.2, 0.25) is 0 Å². The van der Waals surface area contributed by atoms with Crippen molar-refractivity contribution < 1.29 is 13.2 Å². The third-order valence-corrected chi connectivity index (χ3v) is 6.28. The summed E-state index contributed by atoms with van der Waals surface area (Å²) in [6, 6.07) is 0. The summed E-state index contributed by atoms with van der Waals surface area (Å²) in [4.78, 5) is 13.8. The number of carbonyl (C=O) groups excluding carboxylic acids is 1. The smallest absolute Gasteiger partial charge is 0.151 e. The van der Waals surface area contributed by atoms with Crippen LogP contribution >= 0.6 is 0 Å². The molecule has 0 aromatic rings. The lowest BCUT2D eigenvalue weighted by molar-refractivity contribution is -0.120. The molecule has 110 valence electrons. The minimum absolute atomic E-state index is 0.230. The number of rotatable bonds is 3. The molecule has 2 rings (SSSR count). The van der Waals surface area contributed by atoms with Crippen LogP contribution in [0.4, 0.5) is 0 Å². The van der Waals surface area contributed by atoms with Crippen molar-refractivity contribution in [2.75, 3.05) is 31.1 Å². The van der Waals surface area contributed by atoms with Gasteiger partial charge in [0, 0.05) is 18.5 Å². The standard InChI is InChI=1S/C14H25NO3S/c1-13-4-2-5-14(10-13,12-16)11-15-6-3-8-19(17,18)9-7-15/h12-13H,2-11H2,1H3. The van der Waals surface area contributed by atoms with Gasteiger partial charge in [-0.2, -0.15) is 0 Å². The lowest BCUT2D eigenvalue weighted by atomic mass is 9.70. The fraction of sp³-hybridized carbons (Fsp3) is 0.929. The van der Waals surface area contributed by atoms with Crippen molar-refractivity contribution in [3.05, 3.63) is 0 Å². The van der Waals surface area contributed by atoms with Crippen LogP contribution in [-0.2, 0) is 14.6 Å². The fourth-order valence-corrected chi connectivity index (χ4v) is 4.89. The molecule has 1 heterocycles. The molecule has 0 amide bonds. The van der Waals surface area contributed by atoms with Crippen LogP contribution in [0.15, 0.2) is 0 Å². The first-order valence-electron chi connectivity index (χ1n) is 7.34. The monoisotopic (exact) mass is 287 g/mol. The molecule has 2 aliphatic rings. The molecule has 4 nitrogen and oxygen atoms in total. The van der Waals surface area contributed by atoms with E-state index in [4.69, 9.17) is 0 Å². The van der Waals surface area contributed by atoms with Gasteiger partial charge in [-0.15, -0.1) is 0 Å². The Morgan fingerprint density at radius 2 is 2.05 bits per heavy atom. The van der Waals surface area contributed by atoms with Gasteiger partial charge in [0.05, 0.1) is 11.5 Å². The highest BCUT2D eigenvalue weighted by Gasteiger charge is 2.36. The predicted octanol–water partition coefficient (Wildman–Crippen LogP) is 1.50. The van der Waals surface area contributed by atoms with Gasteiger partial charge in [0.15, 0.2) is 9.84 Å². The Hall–Kier alpha value is -0.420. The summed E-state index contributed by atoms with van der Waals surface area (Å²) in [7, 11) is -2.86. The third kappa shape index (κ3) is 4.02. The van der Waals surface area contributed by atoms with Crippen molar-refractivity contribution in [2.45, 2.75) is 39.0 Å². The highest BCUT2D eigenvalue weighted by atomic mass is 32.2. The van der Waals surface area contributed by atoms with Crippen LogP contribution in [0.25, 0.3) is 0 Å². The fourth-order valence-electron chi connectivity index (χ4n) is 3.58. The van der Waals surface area contributed by atoms with E-state index >= 15 is 0 Å². The van der Waals surface area contributed by atoms with Crippen LogP contribution in [0.1, 0.15) is 39.0 Å². The Balaban J connectivity index is 2.00. The van der Waals surface area contributed by atoms with E-state index in [2.05, 4.69) is 11.8 Å². The van der Waals surface area contributed by atoms with Crippen molar-refractivity contribution in [1.82, 2.24) is 4.90 Å². The summed E-state index contributed by atoms with van der Waals surface area (Å²) in [5, 5.41) is 0. The van der Waals surface area contributed by atoms with Crippen molar-refractivity contribution in [2.24, 2.45) is 11.3 Å². The summed E-state index contributed by atoms with van der Waals surface area (Å²) in [6.45, 7) is 4.36. The van der Waals surface area contributed by atoms with Crippen molar-refractivity contribution in [3.8, 4) is 0 Å². The molecule has 1 saturated heterocycles. The summed E-state index contributed by atoms with van der Waals surface area (Å²) >= 11 is 0. The van der Waals surface area contributed by atoms with E-state index in [-0.39, 0.29) is 11.2 Å². The third-order valence-electron chi connectivity index (χ3n) is 4.56. The molecule has 1 aliphatic carbocycles. The molecule has 0 aromatic heterocycles. The van der Waals surface area contributed by atoms with Gasteiger partial charge in [-0.05, 0) is 31.7 Å². The van der Waals surface area contributed by atoms with Gasteiger partial charge in [-0.3, -0.25) is 0 Å². The molecular weight excluding hydrogens is 262 g/mol. The highest BCUT2D eigenvalue weighted by molar-refractivity contribution is 7.91. The van der Waals surface area contributed by atoms with Gasteiger partial charge in [-0.1, -0.05) is 19.8 Å². The number of aldehydes is 1. The maximum absolute atomic E-state index is 11.6. The molecule has 0 radical (unpaired) electrons. The Morgan fingerprint density at radius 1 is 1.26 bits per heavy atom. The molecule has 2 atom stereocenters. The Bertz CT molecular complexity index is 420. The zero-order chi connectivity index (χ0) is 13.9. The first-order valence-corrected chi connectivity index (χ1v) is 9.16. The van der Waals surface area contributed by atoms with Gasteiger partial charge in [-0.25, -0.2) is 8.42 Å². The van der Waals surface area contributed by atoms with Crippen molar-refractivity contribution in [1.29, 1.82) is 0 Å². The van der Waals surface area contributed by atoms with Crippen LogP contribution in [0, 0.1) is 11.3 Å². The molecule has 5 heteroatoms. The number of hydrogen-bond acceptors (Lipinski definition) is 4. The summed E-state index contributed by atoms with van der Waals surface area (Å²) < 4.78 is 23.2. The van der Waals surface area contributed by atoms with Crippen molar-refractivity contribution in [3.63, 3.8) is 0 Å². The van der Waals surface area contributed by atoms with Crippen LogP contribution in [0.5, 0.6) is 0 Å². The first-order chi connectivity index (χ1) is 8.95. The molecule has 0 bridgehead atoms. The number of carbonyl (C=O) groups is 1. The van der Waals surface area contributed by atoms with Gasteiger partial charge >= 0.3 is 0 Å². The molecule has 0 spiro atoms. The molecule has 1 saturated carbocycles. The maximum Gasteiger partial charge on any atom is 0.151 e. The van der Waals surface area contributed by atoms with Gasteiger partial charge in [0.1, 0.15) is 6.29 Å². The lowest BCUT2D eigenvalue weighted by Crippen LogP contribution is -2.42. The second-order valence-corrected chi connectivity index (χ2v) is 8.77. The Labute approximate surface area is 116 Å². The minimum Gasteiger partial charge on any atom is -0.303 e. The van der Waals surface area contributed by atoms with Crippen LogP contribution < -0.4 is 0 Å². The zero-order valence-electron chi connectivity index (χ0n) is 11.8. The summed E-state index contributed by atoms with van der Waals surface area (Å²) in [6.07, 6.45) is 6.09. The van der Waals surface area contributed by atoms with E-state index in [9.17, 15) is 13.2 Å². The molecule has 2 fully saturated rings. The molecule has 0 N–H and O–H groups in total. The Morgan fingerprint density at radius 3 is 2.74 bits per heavy atom. The zero-order valence-corrected chi connectivity index (χ0v) is 12.6. The SMILES string of the molecule is CC1CCCC(C=O)(CN2CCCS(=O)(=O)CC2)C1. The average molecular weight is 287 g/mol. The van der Waals surface area contributed by atoms with Crippen LogP contribution in [0.3, 0.4) is 0 Å². The lowest BCUT2D eigenvalue weighted by Gasteiger charge is -2.39. The van der Waals surface area contributed by atoms with Gasteiger partial charge < -0.3 is 9.69 Å². The second kappa shape index (κ2) is 5.92. The molecule has 2 unspecified atom stereocenters. The number of hydrogen-bond donors (Lipinski definition) is 0. The van der Waals surface area contributed by atoms with Gasteiger partial charge in [0.25, 0.3) is 0 Å². The van der Waals surface area contributed by atoms with E-state index in [1.165, 1.54) is 6.42 Å².